The van der Waals surface area contributed by atoms with E-state index in [2.05, 4.69) is 10.6 Å². The lowest BCUT2D eigenvalue weighted by Crippen LogP contribution is -2.45. The van der Waals surface area contributed by atoms with Crippen LogP contribution in [0, 0.1) is 0 Å². The Morgan fingerprint density at radius 2 is 1.91 bits per heavy atom. The van der Waals surface area contributed by atoms with Crippen LogP contribution in [0.3, 0.4) is 0 Å². The van der Waals surface area contributed by atoms with Gasteiger partial charge < -0.3 is 19.3 Å². The zero-order valence-electron chi connectivity index (χ0n) is 12.8. The average molecular weight is 342 g/mol. The first-order valence-corrected chi connectivity index (χ1v) is 9.56. The third-order valence-electron chi connectivity index (χ3n) is 3.27. The summed E-state index contributed by atoms with van der Waals surface area (Å²) in [5, 5.41) is 15.2. The van der Waals surface area contributed by atoms with Crippen LogP contribution in [0.2, 0.25) is 6.04 Å². The maximum absolute atomic E-state index is 11.9. The Bertz CT molecular complexity index is 475. The van der Waals surface area contributed by atoms with Crippen LogP contribution in [0.5, 0.6) is 0 Å². The fourth-order valence-electron chi connectivity index (χ4n) is 1.86. The maximum atomic E-state index is 11.9. The summed E-state index contributed by atoms with van der Waals surface area (Å²) in [7, 11) is 0.602. The van der Waals surface area contributed by atoms with Crippen molar-refractivity contribution in [3.05, 3.63) is 35.9 Å². The number of rotatable bonds is 8. The Labute approximate surface area is 137 Å². The molecule has 0 aromatic heterocycles. The van der Waals surface area contributed by atoms with Gasteiger partial charge >= 0.3 is 8.56 Å². The molecule has 1 aromatic rings. The van der Waals surface area contributed by atoms with E-state index in [9.17, 15) is 9.90 Å². The topological polar surface area (TPSA) is 79.8 Å². The van der Waals surface area contributed by atoms with Crippen LogP contribution in [0.15, 0.2) is 30.3 Å². The molecular weight excluding hydrogens is 320 g/mol. The number of carbonyl (C=O) groups is 1. The van der Waals surface area contributed by atoms with E-state index in [4.69, 9.17) is 21.1 Å². The first-order valence-electron chi connectivity index (χ1n) is 6.92. The summed E-state index contributed by atoms with van der Waals surface area (Å²) < 4.78 is 10.6. The highest BCUT2D eigenvalue weighted by atomic mass is 32.1. The predicted molar refractivity (Wildman–Crippen MR) is 90.8 cm³/mol. The lowest BCUT2D eigenvalue weighted by molar-refractivity contribution is 0.0976. The van der Waals surface area contributed by atoms with E-state index < -0.39 is 8.56 Å². The van der Waals surface area contributed by atoms with Crippen molar-refractivity contribution in [1.29, 1.82) is 0 Å². The third kappa shape index (κ3) is 5.82. The van der Waals surface area contributed by atoms with Crippen molar-refractivity contribution >= 4 is 31.8 Å². The number of hydrogen-bond donors (Lipinski definition) is 3. The van der Waals surface area contributed by atoms with Crippen molar-refractivity contribution in [3.8, 4) is 0 Å². The molecule has 8 heteroatoms. The van der Waals surface area contributed by atoms with Gasteiger partial charge in [-0.1, -0.05) is 18.2 Å². The van der Waals surface area contributed by atoms with E-state index in [-0.39, 0.29) is 17.2 Å². The van der Waals surface area contributed by atoms with Gasteiger partial charge in [0.2, 0.25) is 0 Å². The van der Waals surface area contributed by atoms with E-state index in [1.165, 1.54) is 0 Å². The molecule has 22 heavy (non-hydrogen) atoms. The minimum absolute atomic E-state index is 0.0881. The Morgan fingerprint density at radius 1 is 1.27 bits per heavy atom. The Balaban J connectivity index is 2.31. The number of benzene rings is 1. The zero-order valence-corrected chi connectivity index (χ0v) is 14.6. The third-order valence-corrected chi connectivity index (χ3v) is 6.60. The number of aliphatic hydroxyl groups is 1. The van der Waals surface area contributed by atoms with Gasteiger partial charge in [-0.3, -0.25) is 10.1 Å². The maximum Gasteiger partial charge on any atom is 0.364 e. The fourth-order valence-corrected chi connectivity index (χ4v) is 3.77. The molecule has 0 saturated carbocycles. The van der Waals surface area contributed by atoms with Gasteiger partial charge in [-0.05, 0) is 36.8 Å². The molecule has 0 spiro atoms. The molecule has 0 bridgehead atoms. The molecule has 0 fully saturated rings. The highest BCUT2D eigenvalue weighted by Crippen LogP contribution is 2.12. The molecule has 0 heterocycles. The summed E-state index contributed by atoms with van der Waals surface area (Å²) in [6, 6.07) is 9.50. The second-order valence-electron chi connectivity index (χ2n) is 4.66. The smallest absolute Gasteiger partial charge is 0.364 e. The van der Waals surface area contributed by atoms with Crippen molar-refractivity contribution in [2.75, 3.05) is 27.0 Å². The zero-order chi connectivity index (χ0) is 16.4. The predicted octanol–water partition coefficient (Wildman–Crippen LogP) is 0.947. The van der Waals surface area contributed by atoms with Gasteiger partial charge in [0.25, 0.3) is 5.91 Å². The Kier molecular flexibility index (Phi) is 8.21. The van der Waals surface area contributed by atoms with Gasteiger partial charge in [-0.15, -0.1) is 0 Å². The van der Waals surface area contributed by atoms with Crippen LogP contribution >= 0.6 is 12.2 Å². The van der Waals surface area contributed by atoms with Crippen LogP contribution in [0.4, 0.5) is 0 Å². The van der Waals surface area contributed by atoms with Gasteiger partial charge in [-0.2, -0.15) is 0 Å². The standard InChI is InChI=1S/C14H22N2O4SSi/c1-19-22(11-17,20-2)10-6-9-15-14(21)16-13(18)12-7-4-3-5-8-12/h3-5,7-8,17H,6,9-11H2,1-2H3,(H2,15,16,18,21). The fraction of sp³-hybridized carbons (Fsp3) is 0.429. The molecule has 0 atom stereocenters. The number of aliphatic hydroxyl groups excluding tert-OH is 1. The molecule has 1 aromatic carbocycles. The summed E-state index contributed by atoms with van der Waals surface area (Å²) in [4.78, 5) is 11.9. The first-order chi connectivity index (χ1) is 10.6. The summed E-state index contributed by atoms with van der Waals surface area (Å²) in [5.41, 5.74) is 0.553. The van der Waals surface area contributed by atoms with Crippen LogP contribution in [-0.2, 0) is 8.85 Å². The average Bonchev–Trinajstić information content (AvgIpc) is 2.56. The largest absolute Gasteiger partial charge is 0.396 e. The molecule has 6 nitrogen and oxygen atoms in total. The van der Waals surface area contributed by atoms with Crippen molar-refractivity contribution < 1.29 is 18.8 Å². The van der Waals surface area contributed by atoms with E-state index >= 15 is 0 Å². The SMILES string of the molecule is CO[Si](CO)(CCCNC(=S)NC(=O)c1ccccc1)OC. The van der Waals surface area contributed by atoms with Crippen molar-refractivity contribution in [1.82, 2.24) is 10.6 Å². The normalized spacial score (nSPS) is 11.0. The number of carbonyl (C=O) groups excluding carboxylic acids is 1. The van der Waals surface area contributed by atoms with Crippen molar-refractivity contribution in [2.45, 2.75) is 12.5 Å². The number of hydrogen-bond acceptors (Lipinski definition) is 5. The monoisotopic (exact) mass is 342 g/mol. The summed E-state index contributed by atoms with van der Waals surface area (Å²) >= 11 is 5.08. The van der Waals surface area contributed by atoms with Crippen molar-refractivity contribution in [2.24, 2.45) is 0 Å². The lowest BCUT2D eigenvalue weighted by Gasteiger charge is -2.25. The van der Waals surface area contributed by atoms with Crippen LogP contribution < -0.4 is 10.6 Å². The quantitative estimate of drug-likeness (QED) is 0.371. The molecular formula is C14H22N2O4SSi. The molecule has 0 aliphatic rings. The second-order valence-corrected chi connectivity index (χ2v) is 8.52. The van der Waals surface area contributed by atoms with E-state index in [1.807, 2.05) is 6.07 Å². The van der Waals surface area contributed by atoms with Gasteiger partial charge in [0.05, 0.1) is 6.23 Å². The van der Waals surface area contributed by atoms with E-state index in [0.29, 0.717) is 18.2 Å². The molecule has 0 unspecified atom stereocenters. The van der Waals surface area contributed by atoms with E-state index in [0.717, 1.165) is 6.42 Å². The highest BCUT2D eigenvalue weighted by Gasteiger charge is 2.34. The minimum atomic E-state index is -2.49. The highest BCUT2D eigenvalue weighted by molar-refractivity contribution is 7.80. The molecule has 0 saturated heterocycles. The van der Waals surface area contributed by atoms with Gasteiger partial charge in [-0.25, -0.2) is 0 Å². The van der Waals surface area contributed by atoms with E-state index in [1.54, 1.807) is 38.5 Å². The molecule has 0 radical (unpaired) electrons. The van der Waals surface area contributed by atoms with Crippen LogP contribution in [0.25, 0.3) is 0 Å². The number of amides is 1. The number of thiocarbonyl (C=S) groups is 1. The molecule has 0 aliphatic heterocycles. The van der Waals surface area contributed by atoms with Gasteiger partial charge in [0.1, 0.15) is 0 Å². The number of nitrogens with one attached hydrogen (secondary N) is 2. The molecule has 122 valence electrons. The Hall–Kier alpha value is -1.32. The summed E-state index contributed by atoms with van der Waals surface area (Å²) in [5.74, 6) is -0.244. The summed E-state index contributed by atoms with van der Waals surface area (Å²) in [6.45, 7) is 0.565. The second kappa shape index (κ2) is 9.64. The molecule has 1 amide bonds. The van der Waals surface area contributed by atoms with Crippen LogP contribution in [0.1, 0.15) is 16.8 Å². The van der Waals surface area contributed by atoms with Crippen molar-refractivity contribution in [3.63, 3.8) is 0 Å². The summed E-state index contributed by atoms with van der Waals surface area (Å²) in [6.07, 6.45) is 0.630. The van der Waals surface area contributed by atoms with Gasteiger partial charge in [0, 0.05) is 26.3 Å². The minimum Gasteiger partial charge on any atom is -0.396 e. The molecule has 0 aliphatic carbocycles. The molecule has 3 N–H and O–H groups in total. The van der Waals surface area contributed by atoms with Gasteiger partial charge in [0.15, 0.2) is 5.11 Å². The van der Waals surface area contributed by atoms with Crippen LogP contribution in [-0.4, -0.2) is 51.7 Å². The first kappa shape index (κ1) is 18.7. The Morgan fingerprint density at radius 3 is 2.45 bits per heavy atom. The molecule has 1 rings (SSSR count). The lowest BCUT2D eigenvalue weighted by atomic mass is 10.2.